The molecule has 0 spiro atoms. The molecule has 0 saturated carbocycles. The first-order valence-electron chi connectivity index (χ1n) is 11.3. The van der Waals surface area contributed by atoms with Gasteiger partial charge in [-0.25, -0.2) is 9.97 Å². The average Bonchev–Trinajstić information content (AvgIpc) is 3.28. The van der Waals surface area contributed by atoms with Crippen LogP contribution in [0.25, 0.3) is 22.6 Å². The van der Waals surface area contributed by atoms with E-state index >= 15 is 0 Å². The predicted molar refractivity (Wildman–Crippen MR) is 141 cm³/mol. The number of H-pyrrole nitrogens is 1. The highest BCUT2D eigenvalue weighted by molar-refractivity contribution is 8.03. The Morgan fingerprint density at radius 2 is 1.94 bits per heavy atom. The molecule has 0 bridgehead atoms. The second-order valence-electron chi connectivity index (χ2n) is 8.36. The van der Waals surface area contributed by atoms with E-state index in [1.807, 2.05) is 24.4 Å². The lowest BCUT2D eigenvalue weighted by Crippen LogP contribution is -2.31. The van der Waals surface area contributed by atoms with E-state index in [0.29, 0.717) is 29.1 Å². The number of allylic oxidation sites excluding steroid dienone is 1. The van der Waals surface area contributed by atoms with Gasteiger partial charge in [-0.2, -0.15) is 0 Å². The van der Waals surface area contributed by atoms with Gasteiger partial charge >= 0.3 is 0 Å². The molecule has 34 heavy (non-hydrogen) atoms. The van der Waals surface area contributed by atoms with E-state index in [4.69, 9.17) is 0 Å². The van der Waals surface area contributed by atoms with Crippen molar-refractivity contribution in [3.8, 4) is 11.4 Å². The molecule has 0 aliphatic carbocycles. The molecule has 0 saturated heterocycles. The highest BCUT2D eigenvalue weighted by Crippen LogP contribution is 2.25. The number of hydrogen-bond donors (Lipinski definition) is 3. The van der Waals surface area contributed by atoms with Gasteiger partial charge in [-0.15, -0.1) is 11.8 Å². The number of likely N-dealkylation sites (N-methyl/N-ethyl adjacent to an activating group) is 2. The molecule has 4 rings (SSSR count). The quantitative estimate of drug-likeness (QED) is 0.435. The normalized spacial score (nSPS) is 13.4. The lowest BCUT2D eigenvalue weighted by Gasteiger charge is -2.21. The third kappa shape index (κ3) is 5.43. The molecule has 9 heteroatoms. The summed E-state index contributed by atoms with van der Waals surface area (Å²) in [6.07, 6.45) is 5.52. The highest BCUT2D eigenvalue weighted by atomic mass is 32.2. The van der Waals surface area contributed by atoms with Crippen molar-refractivity contribution in [2.75, 3.05) is 51.4 Å². The minimum atomic E-state index is -0.179. The third-order valence-electron chi connectivity index (χ3n) is 5.59. The van der Waals surface area contributed by atoms with Crippen molar-refractivity contribution >= 4 is 34.5 Å². The summed E-state index contributed by atoms with van der Waals surface area (Å²) in [5.41, 5.74) is 4.63. The molecule has 0 radical (unpaired) electrons. The van der Waals surface area contributed by atoms with Crippen LogP contribution in [0.15, 0.2) is 59.4 Å². The van der Waals surface area contributed by atoms with Crippen molar-refractivity contribution in [1.29, 1.82) is 0 Å². The Morgan fingerprint density at radius 1 is 1.15 bits per heavy atom. The van der Waals surface area contributed by atoms with Crippen LogP contribution in [-0.2, 0) is 0 Å². The molecule has 3 heterocycles. The van der Waals surface area contributed by atoms with Crippen LogP contribution in [0, 0.1) is 0 Å². The molecule has 178 valence electrons. The maximum absolute atomic E-state index is 13.2. The maximum atomic E-state index is 13.2. The maximum Gasteiger partial charge on any atom is 0.257 e. The summed E-state index contributed by atoms with van der Waals surface area (Å²) < 4.78 is 0. The molecule has 0 atom stereocenters. The lowest BCUT2D eigenvalue weighted by molar-refractivity contribution is 0.0966. The fourth-order valence-corrected chi connectivity index (χ4v) is 4.45. The number of dihydropyridines is 1. The van der Waals surface area contributed by atoms with E-state index in [1.54, 1.807) is 24.0 Å². The van der Waals surface area contributed by atoms with Gasteiger partial charge < -0.3 is 25.4 Å². The summed E-state index contributed by atoms with van der Waals surface area (Å²) in [6.45, 7) is 4.61. The largest absolute Gasteiger partial charge is 0.385 e. The van der Waals surface area contributed by atoms with Crippen molar-refractivity contribution in [2.45, 2.75) is 6.92 Å². The molecule has 0 unspecified atom stereocenters. The van der Waals surface area contributed by atoms with Crippen molar-refractivity contribution < 1.29 is 4.79 Å². The van der Waals surface area contributed by atoms with Crippen molar-refractivity contribution in [2.24, 2.45) is 0 Å². The summed E-state index contributed by atoms with van der Waals surface area (Å²) in [5.74, 6) is 1.45. The van der Waals surface area contributed by atoms with E-state index in [0.717, 1.165) is 40.7 Å². The number of aromatic nitrogens is 3. The second-order valence-corrected chi connectivity index (χ2v) is 9.66. The van der Waals surface area contributed by atoms with Gasteiger partial charge in [0.05, 0.1) is 23.3 Å². The number of carbonyl (C=O) groups excluding carboxylic acids is 1. The monoisotopic (exact) mass is 477 g/mol. The van der Waals surface area contributed by atoms with Gasteiger partial charge in [0.15, 0.2) is 5.65 Å². The molecule has 8 nitrogen and oxygen atoms in total. The Balaban J connectivity index is 1.56. The molecule has 1 aliphatic rings. The number of benzene rings is 1. The fourth-order valence-electron chi connectivity index (χ4n) is 3.67. The zero-order valence-electron chi connectivity index (χ0n) is 20.1. The number of thioether (sulfide) groups is 1. The summed E-state index contributed by atoms with van der Waals surface area (Å²) >= 11 is 1.71. The van der Waals surface area contributed by atoms with E-state index in [2.05, 4.69) is 75.6 Å². The van der Waals surface area contributed by atoms with Gasteiger partial charge in [-0.3, -0.25) is 4.79 Å². The van der Waals surface area contributed by atoms with Crippen LogP contribution in [0.2, 0.25) is 0 Å². The smallest absolute Gasteiger partial charge is 0.257 e. The number of nitrogens with one attached hydrogen (secondary N) is 3. The van der Waals surface area contributed by atoms with E-state index in [9.17, 15) is 4.79 Å². The Bertz CT molecular complexity index is 1210. The lowest BCUT2D eigenvalue weighted by atomic mass is 10.2. The van der Waals surface area contributed by atoms with Crippen molar-refractivity contribution in [1.82, 2.24) is 30.5 Å². The van der Waals surface area contributed by atoms with Crippen LogP contribution in [0.4, 0.5) is 5.69 Å². The first kappa shape index (κ1) is 23.8. The van der Waals surface area contributed by atoms with Gasteiger partial charge in [0.25, 0.3) is 5.91 Å². The third-order valence-corrected chi connectivity index (χ3v) is 6.58. The average molecular weight is 478 g/mol. The Hall–Kier alpha value is -3.30. The molecule has 1 aliphatic heterocycles. The summed E-state index contributed by atoms with van der Waals surface area (Å²) in [6, 6.07) is 9.97. The van der Waals surface area contributed by atoms with Crippen LogP contribution in [0.5, 0.6) is 0 Å². The second kappa shape index (κ2) is 10.8. The van der Waals surface area contributed by atoms with Gasteiger partial charge in [-0.1, -0.05) is 6.92 Å². The fraction of sp³-hybridized carbons (Fsp3) is 0.320. The van der Waals surface area contributed by atoms with E-state index in [-0.39, 0.29) is 5.91 Å². The van der Waals surface area contributed by atoms with Crippen molar-refractivity contribution in [3.63, 3.8) is 0 Å². The summed E-state index contributed by atoms with van der Waals surface area (Å²) in [7, 11) is 6.24. The van der Waals surface area contributed by atoms with Crippen LogP contribution in [-0.4, -0.2) is 72.3 Å². The number of nitrogens with zero attached hydrogens (tertiary/aromatic N) is 4. The van der Waals surface area contributed by atoms with Gasteiger partial charge in [0, 0.05) is 42.5 Å². The minimum absolute atomic E-state index is 0.179. The molecule has 0 fully saturated rings. The molecule has 3 N–H and O–H groups in total. The molecule has 2 aromatic heterocycles. The first-order chi connectivity index (χ1) is 16.5. The van der Waals surface area contributed by atoms with Gasteiger partial charge in [0.1, 0.15) is 5.82 Å². The number of anilines is 1. The van der Waals surface area contributed by atoms with Crippen LogP contribution in [0.3, 0.4) is 0 Å². The molecule has 1 aromatic carbocycles. The number of aromatic amines is 1. The van der Waals surface area contributed by atoms with Gasteiger partial charge in [0.2, 0.25) is 0 Å². The van der Waals surface area contributed by atoms with Crippen molar-refractivity contribution in [3.05, 3.63) is 65.0 Å². The number of rotatable bonds is 9. The Labute approximate surface area is 204 Å². The first-order valence-corrected chi connectivity index (χ1v) is 12.3. The van der Waals surface area contributed by atoms with Crippen LogP contribution >= 0.6 is 11.8 Å². The zero-order chi connectivity index (χ0) is 24.1. The summed E-state index contributed by atoms with van der Waals surface area (Å²) in [5, 5.41) is 6.24. The number of fused-ring (bicyclic) bond motifs is 1. The number of imidazole rings is 1. The standard InChI is InChI=1S/C25H31N7OS/c1-5-34-21-11-12-26-16-20(21)28-25(33)19-10-13-27-24-22(19)29-23(30-24)17-6-8-18(9-7-17)32(4)15-14-31(2)3/h6-13,26H,5,14-16H2,1-4H3,(H,28,33)(H,27,29,30). The topological polar surface area (TPSA) is 89.2 Å². The van der Waals surface area contributed by atoms with E-state index in [1.165, 1.54) is 0 Å². The number of amides is 1. The SMILES string of the molecule is CCSC1=C(NC(=O)c2ccnc3nc(-c4ccc(N(C)CCN(C)C)cc4)[nH]c23)CNC=C1. The number of pyridine rings is 1. The van der Waals surface area contributed by atoms with E-state index < -0.39 is 0 Å². The highest BCUT2D eigenvalue weighted by Gasteiger charge is 2.18. The summed E-state index contributed by atoms with van der Waals surface area (Å²) in [4.78, 5) is 31.0. The minimum Gasteiger partial charge on any atom is -0.385 e. The number of carbonyl (C=O) groups is 1. The Morgan fingerprint density at radius 3 is 2.68 bits per heavy atom. The molecule has 1 amide bonds. The predicted octanol–water partition coefficient (Wildman–Crippen LogP) is 3.43. The number of hydrogen-bond acceptors (Lipinski definition) is 7. The van der Waals surface area contributed by atoms with Crippen LogP contribution in [0.1, 0.15) is 17.3 Å². The van der Waals surface area contributed by atoms with Gasteiger partial charge in [-0.05, 0) is 62.5 Å². The molecular formula is C25H31N7OS. The Kier molecular flexibility index (Phi) is 7.54. The molecular weight excluding hydrogens is 446 g/mol. The molecule has 3 aromatic rings. The zero-order valence-corrected chi connectivity index (χ0v) is 20.9. The van der Waals surface area contributed by atoms with Crippen LogP contribution < -0.4 is 15.5 Å².